The van der Waals surface area contributed by atoms with Crippen LogP contribution in [0.5, 0.6) is 0 Å². The zero-order chi connectivity index (χ0) is 75.4. The van der Waals surface area contributed by atoms with Crippen LogP contribution in [0, 0.1) is 166 Å². The molecule has 9 nitrogen and oxygen atoms in total. The van der Waals surface area contributed by atoms with Crippen molar-refractivity contribution in [2.75, 3.05) is 0 Å². The van der Waals surface area contributed by atoms with E-state index in [2.05, 4.69) is 355 Å². The molecule has 8 heterocycles. The molecule has 0 radical (unpaired) electrons. The highest BCUT2D eigenvalue weighted by atomic mass is 14.8. The standard InChI is InChI=1S/7C12H13N.C11H12N2/c1-8-4-5-12-11(6-8)10(3)9(2)7-13-12;1-8-4-5-12-11(6-8)7-9(2)10(3)13-12;1-8-4-5-11-7-9(2)10(3)13-12(11)6-8;1-8-5-4-6-12-11(8)7-9(2)10(3)13-12;1-8-5-4-6-11-12(8)10(3)9(2)7-13-11;1-8-5-4-6-11-7-9(2)10(3)13-12(8)11;1-8-9(2)11-6-4-5-7-12(11)13-10(8)3;1-7-5-4-6-10-11(7)13-9(3)8(2)12-10/h7*4-7H,1-3H3;4-6H,1-3H3. The number of benzene rings is 8. The molecule has 0 aliphatic carbocycles. The quantitative estimate of drug-likeness (QED) is 0.146. The number of nitrogens with zero attached hydrogens (tertiary/aromatic N) is 9. The van der Waals surface area contributed by atoms with Gasteiger partial charge in [-0.2, -0.15) is 0 Å². The highest BCUT2D eigenvalue weighted by Crippen LogP contribution is 2.27. The van der Waals surface area contributed by atoms with Crippen LogP contribution in [0.4, 0.5) is 0 Å². The molecule has 0 fully saturated rings. The minimum absolute atomic E-state index is 0.989. The smallest absolute Gasteiger partial charge is 0.0919 e. The summed E-state index contributed by atoms with van der Waals surface area (Å²) in [5, 5.41) is 8.83. The third-order valence-electron chi connectivity index (χ3n) is 20.0. The molecule has 8 aromatic heterocycles. The Morgan fingerprint density at radius 3 is 1.32 bits per heavy atom. The first-order valence-electron chi connectivity index (χ1n) is 36.0. The van der Waals surface area contributed by atoms with Gasteiger partial charge in [0.15, 0.2) is 0 Å². The highest BCUT2D eigenvalue weighted by molar-refractivity contribution is 5.88. The minimum Gasteiger partial charge on any atom is -0.256 e. The van der Waals surface area contributed by atoms with Crippen molar-refractivity contribution >= 4 is 87.4 Å². The van der Waals surface area contributed by atoms with Gasteiger partial charge in [-0.3, -0.25) is 34.9 Å². The summed E-state index contributed by atoms with van der Waals surface area (Å²) in [6.07, 6.45) is 3.88. The minimum atomic E-state index is 0.989. The van der Waals surface area contributed by atoms with Gasteiger partial charge >= 0.3 is 0 Å². The van der Waals surface area contributed by atoms with Gasteiger partial charge in [-0.25, -0.2) is 9.97 Å². The highest BCUT2D eigenvalue weighted by Gasteiger charge is 2.09. The molecule has 0 saturated heterocycles. The van der Waals surface area contributed by atoms with E-state index in [9.17, 15) is 0 Å². The molecule has 0 amide bonds. The zero-order valence-corrected chi connectivity index (χ0v) is 65.9. The Labute approximate surface area is 617 Å². The lowest BCUT2D eigenvalue weighted by molar-refractivity contribution is 1.10. The van der Waals surface area contributed by atoms with Crippen molar-refractivity contribution < 1.29 is 0 Å². The average molecular weight is 1370 g/mol. The Bertz CT molecular complexity index is 5440. The molecule has 0 saturated carbocycles. The van der Waals surface area contributed by atoms with E-state index in [1.807, 2.05) is 44.4 Å². The molecule has 16 aromatic rings. The lowest BCUT2D eigenvalue weighted by atomic mass is 10.0. The van der Waals surface area contributed by atoms with Crippen molar-refractivity contribution in [1.82, 2.24) is 44.9 Å². The fourth-order valence-electron chi connectivity index (χ4n) is 12.3. The number of aromatic nitrogens is 9. The van der Waals surface area contributed by atoms with E-state index in [0.717, 1.165) is 89.5 Å². The second kappa shape index (κ2) is 34.3. The van der Waals surface area contributed by atoms with Crippen LogP contribution < -0.4 is 0 Å². The van der Waals surface area contributed by atoms with E-state index < -0.39 is 0 Å². The maximum Gasteiger partial charge on any atom is 0.0919 e. The van der Waals surface area contributed by atoms with Crippen molar-refractivity contribution in [3.8, 4) is 0 Å². The topological polar surface area (TPSA) is 116 Å². The van der Waals surface area contributed by atoms with E-state index in [1.54, 1.807) is 0 Å². The Kier molecular flexibility index (Phi) is 25.4. The van der Waals surface area contributed by atoms with Gasteiger partial charge in [0.25, 0.3) is 0 Å². The van der Waals surface area contributed by atoms with E-state index in [0.29, 0.717) is 0 Å². The predicted octanol–water partition coefficient (Wildman–Crippen LogP) is 24.7. The van der Waals surface area contributed by atoms with Crippen molar-refractivity contribution in [3.05, 3.63) is 323 Å². The summed E-state index contributed by atoms with van der Waals surface area (Å²) in [5.74, 6) is 0. The van der Waals surface area contributed by atoms with Crippen LogP contribution in [-0.2, 0) is 0 Å². The van der Waals surface area contributed by atoms with Gasteiger partial charge in [0, 0.05) is 78.6 Å². The molecule has 104 heavy (non-hydrogen) atoms. The van der Waals surface area contributed by atoms with Crippen LogP contribution in [-0.4, -0.2) is 44.9 Å². The van der Waals surface area contributed by atoms with Crippen LogP contribution >= 0.6 is 0 Å². The molecule has 0 bridgehead atoms. The maximum absolute atomic E-state index is 4.57. The van der Waals surface area contributed by atoms with E-state index in [4.69, 9.17) is 0 Å². The van der Waals surface area contributed by atoms with Crippen LogP contribution in [0.2, 0.25) is 0 Å². The lowest BCUT2D eigenvalue weighted by Crippen LogP contribution is -1.94. The first-order valence-corrected chi connectivity index (χ1v) is 36.0. The summed E-state index contributed by atoms with van der Waals surface area (Å²) in [5.41, 5.74) is 39.2. The maximum atomic E-state index is 4.57. The number of rotatable bonds is 0. The molecule has 0 aliphatic heterocycles. The molecule has 9 heteroatoms. The lowest BCUT2D eigenvalue weighted by Gasteiger charge is -2.07. The predicted molar refractivity (Wildman–Crippen MR) is 445 cm³/mol. The summed E-state index contributed by atoms with van der Waals surface area (Å²) in [7, 11) is 0. The van der Waals surface area contributed by atoms with Crippen molar-refractivity contribution in [3.63, 3.8) is 0 Å². The van der Waals surface area contributed by atoms with Crippen molar-refractivity contribution in [2.24, 2.45) is 0 Å². The van der Waals surface area contributed by atoms with Crippen molar-refractivity contribution in [2.45, 2.75) is 166 Å². The number of aryl methyl sites for hydroxylation is 23. The molecule has 528 valence electrons. The largest absolute Gasteiger partial charge is 0.256 e. The first-order chi connectivity index (χ1) is 49.5. The molecule has 0 spiro atoms. The molecule has 0 aliphatic rings. The summed E-state index contributed by atoms with van der Waals surface area (Å²) < 4.78 is 0. The van der Waals surface area contributed by atoms with Crippen LogP contribution in [0.15, 0.2) is 188 Å². The monoisotopic (exact) mass is 1370 g/mol. The van der Waals surface area contributed by atoms with E-state index >= 15 is 0 Å². The number of fused-ring (bicyclic) bond motifs is 8. The number of hydrogen-bond acceptors (Lipinski definition) is 9. The SMILES string of the molecule is Cc1cc2c(C)cccc2nc1C.Cc1cc2cccc(C)c2nc1C.Cc1ccc2cc(C)c(C)nc2c1.Cc1ccc2nc(C)c(C)cc2c1.Cc1ccc2ncc(C)c(C)c2c1.Cc1cnc2cccc(C)c2c1C.Cc1nc2cccc(C)c2nc1C.Cc1nc2ccccc2c(C)c1C. The normalized spacial score (nSPS) is 10.7. The Morgan fingerprint density at radius 1 is 0.192 bits per heavy atom. The molecule has 8 aromatic carbocycles. The number of pyridine rings is 7. The number of para-hydroxylation sites is 3. The zero-order valence-electron chi connectivity index (χ0n) is 65.9. The van der Waals surface area contributed by atoms with Crippen LogP contribution in [0.3, 0.4) is 0 Å². The summed E-state index contributed by atoms with van der Waals surface area (Å²) >= 11 is 0. The molecular formula is C95H103N9. The molecule has 16 rings (SSSR count). The Morgan fingerprint density at radius 2 is 0.635 bits per heavy atom. The van der Waals surface area contributed by atoms with Gasteiger partial charge in [-0.1, -0.05) is 108 Å². The molecule has 0 N–H and O–H groups in total. The Hall–Kier alpha value is -11.0. The third-order valence-corrected chi connectivity index (χ3v) is 20.0. The van der Waals surface area contributed by atoms with E-state index in [1.165, 1.54) is 132 Å². The second-order valence-electron chi connectivity index (χ2n) is 28.2. The average Bonchev–Trinajstić information content (AvgIpc) is 0.808. The van der Waals surface area contributed by atoms with Crippen molar-refractivity contribution in [1.29, 1.82) is 0 Å². The van der Waals surface area contributed by atoms with Crippen LogP contribution in [0.1, 0.15) is 134 Å². The van der Waals surface area contributed by atoms with Gasteiger partial charge in [0.1, 0.15) is 0 Å². The summed E-state index contributed by atoms with van der Waals surface area (Å²) in [6, 6.07) is 61.1. The fourth-order valence-corrected chi connectivity index (χ4v) is 12.3. The van der Waals surface area contributed by atoms with Gasteiger partial charge < -0.3 is 0 Å². The number of hydrogen-bond donors (Lipinski definition) is 0. The van der Waals surface area contributed by atoms with E-state index in [-0.39, 0.29) is 0 Å². The first kappa shape index (κ1) is 77.1. The fraction of sp³-hybridized carbons (Fsp3) is 0.253. The molecule has 0 unspecified atom stereocenters. The Balaban J connectivity index is 0.000000138. The summed E-state index contributed by atoms with van der Waals surface area (Å²) in [6.45, 7) is 50.2. The summed E-state index contributed by atoms with van der Waals surface area (Å²) in [4.78, 5) is 40.5. The van der Waals surface area contributed by atoms with Crippen LogP contribution in [0.25, 0.3) is 87.4 Å². The van der Waals surface area contributed by atoms with Gasteiger partial charge in [-0.05, 0) is 328 Å². The molecular weight excluding hydrogens is 1270 g/mol. The third kappa shape index (κ3) is 19.0. The van der Waals surface area contributed by atoms with Gasteiger partial charge in [0.05, 0.1) is 61.0 Å². The molecule has 0 atom stereocenters. The van der Waals surface area contributed by atoms with Gasteiger partial charge in [-0.15, -0.1) is 0 Å². The van der Waals surface area contributed by atoms with Gasteiger partial charge in [0.2, 0.25) is 0 Å². The second-order valence-corrected chi connectivity index (χ2v) is 28.2.